The Morgan fingerprint density at radius 1 is 1.43 bits per heavy atom. The smallest absolute Gasteiger partial charge is 0.250 e. The van der Waals surface area contributed by atoms with E-state index in [1.807, 2.05) is 5.01 Å². The molecule has 1 fully saturated rings. The van der Waals surface area contributed by atoms with Crippen LogP contribution in [0, 0.1) is 0 Å². The van der Waals surface area contributed by atoms with Crippen LogP contribution in [0.25, 0.3) is 0 Å². The molecule has 0 saturated carbocycles. The lowest BCUT2D eigenvalue weighted by atomic mass is 10.00. The summed E-state index contributed by atoms with van der Waals surface area (Å²) in [5.74, 6) is -0.0920. The van der Waals surface area contributed by atoms with E-state index in [-0.39, 0.29) is 5.91 Å². The van der Waals surface area contributed by atoms with Crippen LogP contribution in [0.2, 0.25) is 0 Å². The molecule has 0 bridgehead atoms. The molecule has 0 aromatic heterocycles. The number of carbonyl (C=O) groups excluding carboxylic acids is 1. The molecular formula is C10H21N3O. The highest BCUT2D eigenvalue weighted by Crippen LogP contribution is 2.19. The van der Waals surface area contributed by atoms with Gasteiger partial charge in [-0.05, 0) is 33.6 Å². The molecule has 3 unspecified atom stereocenters. The van der Waals surface area contributed by atoms with Gasteiger partial charge in [0, 0.05) is 12.1 Å². The average molecular weight is 199 g/mol. The lowest BCUT2D eigenvalue weighted by Crippen LogP contribution is -2.57. The normalized spacial score (nSPS) is 31.1. The first-order chi connectivity index (χ1) is 6.52. The zero-order chi connectivity index (χ0) is 10.7. The first-order valence-electron chi connectivity index (χ1n) is 5.36. The van der Waals surface area contributed by atoms with Gasteiger partial charge in [-0.1, -0.05) is 6.42 Å². The maximum atomic E-state index is 11.4. The van der Waals surface area contributed by atoms with E-state index in [9.17, 15) is 4.79 Å². The van der Waals surface area contributed by atoms with Gasteiger partial charge in [0.15, 0.2) is 0 Å². The van der Waals surface area contributed by atoms with Crippen molar-refractivity contribution in [3.05, 3.63) is 0 Å². The highest BCUT2D eigenvalue weighted by atomic mass is 16.2. The first-order valence-corrected chi connectivity index (χ1v) is 5.36. The summed E-state index contributed by atoms with van der Waals surface area (Å²) in [5, 5.41) is 2.04. The number of rotatable bonds is 2. The summed E-state index contributed by atoms with van der Waals surface area (Å²) >= 11 is 0. The number of nitrogens with zero attached hydrogens (tertiary/aromatic N) is 1. The third-order valence-corrected chi connectivity index (χ3v) is 2.85. The molecular weight excluding hydrogens is 178 g/mol. The van der Waals surface area contributed by atoms with Crippen LogP contribution in [-0.4, -0.2) is 29.0 Å². The molecule has 0 radical (unpaired) electrons. The molecule has 4 heteroatoms. The Balaban J connectivity index is 2.52. The molecule has 0 aliphatic carbocycles. The van der Waals surface area contributed by atoms with Gasteiger partial charge in [0.1, 0.15) is 0 Å². The molecule has 1 heterocycles. The summed E-state index contributed by atoms with van der Waals surface area (Å²) in [4.78, 5) is 11.4. The molecule has 1 aliphatic heterocycles. The second kappa shape index (κ2) is 4.75. The topological polar surface area (TPSA) is 58.4 Å². The van der Waals surface area contributed by atoms with Crippen molar-refractivity contribution in [2.24, 2.45) is 5.73 Å². The average Bonchev–Trinajstić information content (AvgIpc) is 2.11. The van der Waals surface area contributed by atoms with Crippen molar-refractivity contribution in [2.75, 3.05) is 0 Å². The minimum absolute atomic E-state index is 0.0920. The Labute approximate surface area is 85.8 Å². The van der Waals surface area contributed by atoms with E-state index in [1.54, 1.807) is 6.92 Å². The summed E-state index contributed by atoms with van der Waals surface area (Å²) in [7, 11) is 0. The Hall–Kier alpha value is -0.610. The summed E-state index contributed by atoms with van der Waals surface area (Å²) in [6.45, 7) is 5.98. The van der Waals surface area contributed by atoms with Crippen LogP contribution >= 0.6 is 0 Å². The zero-order valence-corrected chi connectivity index (χ0v) is 9.29. The van der Waals surface area contributed by atoms with Crippen molar-refractivity contribution >= 4 is 5.91 Å². The highest BCUT2D eigenvalue weighted by Gasteiger charge is 2.26. The molecule has 3 N–H and O–H groups in total. The van der Waals surface area contributed by atoms with E-state index in [0.717, 1.165) is 12.8 Å². The maximum Gasteiger partial charge on any atom is 0.250 e. The van der Waals surface area contributed by atoms with E-state index in [1.165, 1.54) is 6.42 Å². The Kier molecular flexibility index (Phi) is 3.89. The fourth-order valence-corrected chi connectivity index (χ4v) is 1.87. The number of nitrogens with two attached hydrogens (primary N) is 1. The monoisotopic (exact) mass is 199 g/mol. The van der Waals surface area contributed by atoms with Crippen molar-refractivity contribution in [1.29, 1.82) is 0 Å². The molecule has 1 saturated heterocycles. The van der Waals surface area contributed by atoms with Crippen molar-refractivity contribution in [3.8, 4) is 0 Å². The van der Waals surface area contributed by atoms with Gasteiger partial charge >= 0.3 is 0 Å². The minimum atomic E-state index is -0.434. The first kappa shape index (κ1) is 11.5. The fraction of sp³-hybridized carbons (Fsp3) is 0.900. The molecule has 14 heavy (non-hydrogen) atoms. The highest BCUT2D eigenvalue weighted by molar-refractivity contribution is 5.80. The lowest BCUT2D eigenvalue weighted by Gasteiger charge is -2.39. The number of nitrogens with one attached hydrogen (secondary N) is 1. The van der Waals surface area contributed by atoms with E-state index >= 15 is 0 Å². The fourth-order valence-electron chi connectivity index (χ4n) is 1.87. The van der Waals surface area contributed by atoms with Crippen LogP contribution in [0.15, 0.2) is 0 Å². The molecule has 1 rings (SSSR count). The van der Waals surface area contributed by atoms with Gasteiger partial charge in [0.05, 0.1) is 6.04 Å². The number of amides is 1. The SMILES string of the molecule is CC(N)C(=O)NN1C(C)CCCC1C. The molecule has 1 aliphatic rings. The number of piperidine rings is 1. The molecule has 0 aromatic carbocycles. The van der Waals surface area contributed by atoms with E-state index in [0.29, 0.717) is 12.1 Å². The van der Waals surface area contributed by atoms with Gasteiger partial charge in [0.25, 0.3) is 5.91 Å². The second-order valence-corrected chi connectivity index (χ2v) is 4.30. The molecule has 4 nitrogen and oxygen atoms in total. The Morgan fingerprint density at radius 3 is 2.36 bits per heavy atom. The summed E-state index contributed by atoms with van der Waals surface area (Å²) in [6.07, 6.45) is 3.53. The largest absolute Gasteiger partial charge is 0.320 e. The maximum absolute atomic E-state index is 11.4. The molecule has 0 spiro atoms. The van der Waals surface area contributed by atoms with Crippen molar-refractivity contribution in [1.82, 2.24) is 10.4 Å². The number of carbonyl (C=O) groups is 1. The van der Waals surface area contributed by atoms with Crippen LogP contribution < -0.4 is 11.2 Å². The second-order valence-electron chi connectivity index (χ2n) is 4.30. The molecule has 3 atom stereocenters. The summed E-state index contributed by atoms with van der Waals surface area (Å²) < 4.78 is 0. The van der Waals surface area contributed by atoms with Crippen molar-refractivity contribution in [3.63, 3.8) is 0 Å². The number of hydrogen-bond donors (Lipinski definition) is 2. The van der Waals surface area contributed by atoms with Gasteiger partial charge in [0.2, 0.25) is 0 Å². The van der Waals surface area contributed by atoms with Crippen LogP contribution in [0.5, 0.6) is 0 Å². The van der Waals surface area contributed by atoms with Crippen molar-refractivity contribution in [2.45, 2.75) is 58.2 Å². The summed E-state index contributed by atoms with van der Waals surface area (Å²) in [6, 6.07) is 0.402. The number of hydrazine groups is 1. The molecule has 0 aromatic rings. The van der Waals surface area contributed by atoms with Gasteiger partial charge < -0.3 is 5.73 Å². The van der Waals surface area contributed by atoms with Crippen LogP contribution in [0.4, 0.5) is 0 Å². The summed E-state index contributed by atoms with van der Waals surface area (Å²) in [5.41, 5.74) is 8.39. The van der Waals surface area contributed by atoms with E-state index in [2.05, 4.69) is 19.3 Å². The van der Waals surface area contributed by atoms with E-state index in [4.69, 9.17) is 5.73 Å². The predicted octanol–water partition coefficient (Wildman–Crippen LogP) is 0.628. The lowest BCUT2D eigenvalue weighted by molar-refractivity contribution is -0.130. The zero-order valence-electron chi connectivity index (χ0n) is 9.29. The standard InChI is InChI=1S/C10H21N3O/c1-7-5-4-6-8(2)13(7)12-10(14)9(3)11/h7-9H,4-6,11H2,1-3H3,(H,12,14). The minimum Gasteiger partial charge on any atom is -0.320 e. The van der Waals surface area contributed by atoms with Gasteiger partial charge in [-0.15, -0.1) is 0 Å². The molecule has 82 valence electrons. The van der Waals surface area contributed by atoms with Crippen LogP contribution in [-0.2, 0) is 4.79 Å². The molecule has 1 amide bonds. The quantitative estimate of drug-likeness (QED) is 0.685. The Bertz CT molecular complexity index is 196. The van der Waals surface area contributed by atoms with Crippen LogP contribution in [0.1, 0.15) is 40.0 Å². The van der Waals surface area contributed by atoms with E-state index < -0.39 is 6.04 Å². The third kappa shape index (κ3) is 2.69. The number of hydrogen-bond acceptors (Lipinski definition) is 3. The van der Waals surface area contributed by atoms with Gasteiger partial charge in [-0.25, -0.2) is 5.01 Å². The van der Waals surface area contributed by atoms with Crippen LogP contribution in [0.3, 0.4) is 0 Å². The predicted molar refractivity (Wildman–Crippen MR) is 56.4 cm³/mol. The van der Waals surface area contributed by atoms with Gasteiger partial charge in [-0.2, -0.15) is 0 Å². The van der Waals surface area contributed by atoms with Crippen molar-refractivity contribution < 1.29 is 4.79 Å². The van der Waals surface area contributed by atoms with Gasteiger partial charge in [-0.3, -0.25) is 10.2 Å². The Morgan fingerprint density at radius 2 is 1.93 bits per heavy atom. The third-order valence-electron chi connectivity index (χ3n) is 2.85.